The molecular weight excluding hydrogens is 254 g/mol. The van der Waals surface area contributed by atoms with Crippen molar-refractivity contribution in [3.63, 3.8) is 0 Å². The Kier molecular flexibility index (Phi) is 5.05. The van der Waals surface area contributed by atoms with Crippen LogP contribution in [0.15, 0.2) is 41.6 Å². The van der Waals surface area contributed by atoms with Crippen LogP contribution < -0.4 is 5.32 Å². The Morgan fingerprint density at radius 3 is 2.79 bits per heavy atom. The van der Waals surface area contributed by atoms with E-state index in [1.807, 2.05) is 29.7 Å². The van der Waals surface area contributed by atoms with Crippen LogP contribution in [0, 0.1) is 6.92 Å². The number of nitrogens with one attached hydrogen (secondary N) is 1. The predicted molar refractivity (Wildman–Crippen MR) is 81.5 cm³/mol. The molecule has 0 saturated carbocycles. The van der Waals surface area contributed by atoms with E-state index in [1.165, 1.54) is 16.0 Å². The maximum absolute atomic E-state index is 4.21. The Bertz CT molecular complexity index is 522. The molecule has 4 heteroatoms. The molecule has 1 aromatic carbocycles. The van der Waals surface area contributed by atoms with Gasteiger partial charge in [-0.25, -0.2) is 0 Å². The second-order valence-electron chi connectivity index (χ2n) is 4.63. The zero-order valence-electron chi connectivity index (χ0n) is 11.8. The fourth-order valence-corrected chi connectivity index (χ4v) is 3.14. The van der Waals surface area contributed by atoms with Crippen LogP contribution in [0.3, 0.4) is 0 Å². The first-order valence-electron chi connectivity index (χ1n) is 6.61. The average molecular weight is 275 g/mol. The van der Waals surface area contributed by atoms with Gasteiger partial charge in [0.2, 0.25) is 0 Å². The maximum atomic E-state index is 4.21. The normalized spacial score (nSPS) is 12.6. The van der Waals surface area contributed by atoms with E-state index in [2.05, 4.69) is 54.7 Å². The highest BCUT2D eigenvalue weighted by molar-refractivity contribution is 7.99. The third kappa shape index (κ3) is 3.85. The van der Waals surface area contributed by atoms with Gasteiger partial charge in [-0.1, -0.05) is 31.2 Å². The summed E-state index contributed by atoms with van der Waals surface area (Å²) in [6.45, 7) is 5.31. The van der Waals surface area contributed by atoms with Crippen LogP contribution in [0.2, 0.25) is 0 Å². The summed E-state index contributed by atoms with van der Waals surface area (Å²) in [6, 6.07) is 8.98. The number of aryl methyl sites for hydroxylation is 2. The van der Waals surface area contributed by atoms with Crippen molar-refractivity contribution in [1.82, 2.24) is 15.1 Å². The highest BCUT2D eigenvalue weighted by Gasteiger charge is 2.13. The van der Waals surface area contributed by atoms with E-state index in [9.17, 15) is 0 Å². The Morgan fingerprint density at radius 2 is 2.16 bits per heavy atom. The van der Waals surface area contributed by atoms with Crippen LogP contribution >= 0.6 is 11.8 Å². The summed E-state index contributed by atoms with van der Waals surface area (Å²) >= 11 is 1.85. The Labute approximate surface area is 119 Å². The molecule has 1 unspecified atom stereocenters. The van der Waals surface area contributed by atoms with Crippen LogP contribution in [-0.4, -0.2) is 22.1 Å². The summed E-state index contributed by atoms with van der Waals surface area (Å²) < 4.78 is 1.85. The van der Waals surface area contributed by atoms with Gasteiger partial charge in [-0.05, 0) is 24.6 Å². The van der Waals surface area contributed by atoms with Crippen molar-refractivity contribution >= 4 is 11.8 Å². The fourth-order valence-electron chi connectivity index (χ4n) is 2.14. The first-order valence-corrected chi connectivity index (χ1v) is 7.59. The Hall–Kier alpha value is -1.26. The van der Waals surface area contributed by atoms with Gasteiger partial charge < -0.3 is 5.32 Å². The zero-order valence-corrected chi connectivity index (χ0v) is 12.6. The molecular formula is C15H21N3S. The predicted octanol–water partition coefficient (Wildman–Crippen LogP) is 3.17. The number of benzene rings is 1. The van der Waals surface area contributed by atoms with E-state index < -0.39 is 0 Å². The number of hydrogen-bond acceptors (Lipinski definition) is 3. The van der Waals surface area contributed by atoms with Crippen molar-refractivity contribution in [2.24, 2.45) is 7.05 Å². The Morgan fingerprint density at radius 1 is 1.37 bits per heavy atom. The van der Waals surface area contributed by atoms with Gasteiger partial charge in [0.1, 0.15) is 0 Å². The van der Waals surface area contributed by atoms with Gasteiger partial charge in [0, 0.05) is 29.9 Å². The van der Waals surface area contributed by atoms with Crippen molar-refractivity contribution in [3.8, 4) is 0 Å². The number of nitrogens with zero attached hydrogens (tertiary/aromatic N) is 2. The minimum absolute atomic E-state index is 0.386. The van der Waals surface area contributed by atoms with Gasteiger partial charge in [0.05, 0.1) is 6.20 Å². The molecule has 102 valence electrons. The quantitative estimate of drug-likeness (QED) is 0.821. The highest BCUT2D eigenvalue weighted by atomic mass is 32.2. The molecule has 2 aromatic rings. The van der Waals surface area contributed by atoms with Crippen molar-refractivity contribution in [2.75, 3.05) is 12.3 Å². The molecule has 2 rings (SSSR count). The van der Waals surface area contributed by atoms with Crippen LogP contribution in [0.1, 0.15) is 24.1 Å². The van der Waals surface area contributed by atoms with Gasteiger partial charge >= 0.3 is 0 Å². The van der Waals surface area contributed by atoms with Gasteiger partial charge in [-0.3, -0.25) is 4.68 Å². The van der Waals surface area contributed by atoms with E-state index in [0.717, 1.165) is 12.3 Å². The molecule has 0 bridgehead atoms. The number of hydrogen-bond donors (Lipinski definition) is 1. The molecule has 1 heterocycles. The molecule has 1 atom stereocenters. The Balaban J connectivity index is 2.06. The average Bonchev–Trinajstić information content (AvgIpc) is 2.81. The number of thioether (sulfide) groups is 1. The monoisotopic (exact) mass is 275 g/mol. The minimum Gasteiger partial charge on any atom is -0.309 e. The molecule has 0 radical (unpaired) electrons. The van der Waals surface area contributed by atoms with Crippen LogP contribution in [0.4, 0.5) is 0 Å². The van der Waals surface area contributed by atoms with Gasteiger partial charge in [0.15, 0.2) is 0 Å². The lowest BCUT2D eigenvalue weighted by Gasteiger charge is -2.19. The summed E-state index contributed by atoms with van der Waals surface area (Å²) in [6.07, 6.45) is 3.98. The van der Waals surface area contributed by atoms with Gasteiger partial charge in [-0.2, -0.15) is 5.10 Å². The van der Waals surface area contributed by atoms with E-state index in [0.29, 0.717) is 6.04 Å². The van der Waals surface area contributed by atoms with Crippen molar-refractivity contribution in [2.45, 2.75) is 24.8 Å². The summed E-state index contributed by atoms with van der Waals surface area (Å²) in [7, 11) is 1.95. The van der Waals surface area contributed by atoms with Crippen molar-refractivity contribution in [1.29, 1.82) is 0 Å². The fraction of sp³-hybridized carbons (Fsp3) is 0.400. The molecule has 3 nitrogen and oxygen atoms in total. The molecule has 0 aliphatic heterocycles. The zero-order chi connectivity index (χ0) is 13.7. The molecule has 19 heavy (non-hydrogen) atoms. The smallest absolute Gasteiger partial charge is 0.0625 e. The van der Waals surface area contributed by atoms with Crippen LogP contribution in [-0.2, 0) is 7.05 Å². The first kappa shape index (κ1) is 14.2. The number of rotatable bonds is 6. The third-order valence-electron chi connectivity index (χ3n) is 3.11. The van der Waals surface area contributed by atoms with Crippen LogP contribution in [0.5, 0.6) is 0 Å². The van der Waals surface area contributed by atoms with E-state index in [1.54, 1.807) is 0 Å². The summed E-state index contributed by atoms with van der Waals surface area (Å²) in [5, 5.41) is 7.78. The largest absolute Gasteiger partial charge is 0.309 e. The van der Waals surface area contributed by atoms with E-state index in [-0.39, 0.29) is 0 Å². The summed E-state index contributed by atoms with van der Waals surface area (Å²) in [4.78, 5) is 1.22. The van der Waals surface area contributed by atoms with E-state index >= 15 is 0 Å². The van der Waals surface area contributed by atoms with Gasteiger partial charge in [0.25, 0.3) is 0 Å². The highest BCUT2D eigenvalue weighted by Crippen LogP contribution is 2.26. The van der Waals surface area contributed by atoms with Crippen molar-refractivity contribution < 1.29 is 0 Å². The van der Waals surface area contributed by atoms with Crippen molar-refractivity contribution in [3.05, 3.63) is 47.8 Å². The second kappa shape index (κ2) is 6.78. The summed E-state index contributed by atoms with van der Waals surface area (Å²) in [5.74, 6) is 1.02. The van der Waals surface area contributed by atoms with Crippen LogP contribution in [0.25, 0.3) is 0 Å². The molecule has 0 saturated heterocycles. The molecule has 0 aliphatic rings. The SMILES string of the molecule is CCNC(CSc1cnn(C)c1)c1ccccc1C. The molecule has 0 aliphatic carbocycles. The second-order valence-corrected chi connectivity index (χ2v) is 5.72. The molecule has 0 amide bonds. The van der Waals surface area contributed by atoms with E-state index in [4.69, 9.17) is 0 Å². The molecule has 1 N–H and O–H groups in total. The third-order valence-corrected chi connectivity index (χ3v) is 4.16. The molecule has 0 spiro atoms. The first-order chi connectivity index (χ1) is 9.20. The molecule has 0 fully saturated rings. The topological polar surface area (TPSA) is 29.9 Å². The standard InChI is InChI=1S/C15H21N3S/c1-4-16-15(14-8-6-5-7-12(14)2)11-19-13-9-17-18(3)10-13/h5-10,15-16H,4,11H2,1-3H3. The molecule has 1 aromatic heterocycles. The lowest BCUT2D eigenvalue weighted by atomic mass is 10.0. The summed E-state index contributed by atoms with van der Waals surface area (Å²) in [5.41, 5.74) is 2.74. The maximum Gasteiger partial charge on any atom is 0.0625 e. The lowest BCUT2D eigenvalue weighted by Crippen LogP contribution is -2.23. The number of aromatic nitrogens is 2. The lowest BCUT2D eigenvalue weighted by molar-refractivity contribution is 0.603. The van der Waals surface area contributed by atoms with Gasteiger partial charge in [-0.15, -0.1) is 11.8 Å². The minimum atomic E-state index is 0.386.